The summed E-state index contributed by atoms with van der Waals surface area (Å²) in [6.07, 6.45) is 0. The molecular weight excluding hydrogens is 244 g/mol. The van der Waals surface area contributed by atoms with Gasteiger partial charge in [0.2, 0.25) is 0 Å². The van der Waals surface area contributed by atoms with Crippen molar-refractivity contribution in [2.24, 2.45) is 0 Å². The van der Waals surface area contributed by atoms with Crippen LogP contribution in [0.3, 0.4) is 0 Å². The first-order valence-electron chi connectivity index (χ1n) is 6.19. The van der Waals surface area contributed by atoms with E-state index in [1.165, 1.54) is 6.07 Å². The first-order chi connectivity index (χ1) is 9.27. The van der Waals surface area contributed by atoms with Gasteiger partial charge in [-0.3, -0.25) is 0 Å². The number of hydrogen-bond acceptors (Lipinski definition) is 5. The zero-order chi connectivity index (χ0) is 13.5. The smallest absolute Gasteiger partial charge is 0.358 e. The number of para-hydroxylation sites is 1. The predicted molar refractivity (Wildman–Crippen MR) is 74.1 cm³/mol. The maximum absolute atomic E-state index is 10.4. The molecule has 2 N–H and O–H groups in total. The van der Waals surface area contributed by atoms with Crippen LogP contribution in [-0.2, 0) is 0 Å². The summed E-state index contributed by atoms with van der Waals surface area (Å²) in [5, 5.41) is 17.7. The number of nitro groups is 1. The van der Waals surface area contributed by atoms with Crippen molar-refractivity contribution in [1.82, 2.24) is 15.6 Å². The highest BCUT2D eigenvalue weighted by atomic mass is 16.6. The lowest BCUT2D eigenvalue weighted by molar-refractivity contribution is -0.389. The van der Waals surface area contributed by atoms with E-state index in [0.717, 1.165) is 31.6 Å². The van der Waals surface area contributed by atoms with Crippen molar-refractivity contribution in [3.63, 3.8) is 0 Å². The molecule has 0 spiro atoms. The SMILES string of the molecule is C1CNCCN1.O=[N+]([O-])c1ccc2ccccc2n1. The number of benzene rings is 1. The molecule has 2 aromatic rings. The molecule has 19 heavy (non-hydrogen) atoms. The third-order valence-electron chi connectivity index (χ3n) is 2.73. The van der Waals surface area contributed by atoms with Gasteiger partial charge >= 0.3 is 5.82 Å². The molecule has 1 aliphatic rings. The average Bonchev–Trinajstić information content (AvgIpc) is 2.49. The molecule has 0 amide bonds. The second-order valence-corrected chi connectivity index (χ2v) is 4.12. The van der Waals surface area contributed by atoms with Gasteiger partial charge in [0.1, 0.15) is 0 Å². The van der Waals surface area contributed by atoms with Crippen LogP contribution in [0.1, 0.15) is 0 Å². The quantitative estimate of drug-likeness (QED) is 0.597. The lowest BCUT2D eigenvalue weighted by atomic mass is 10.2. The Kier molecular flexibility index (Phi) is 4.77. The minimum Gasteiger partial charge on any atom is -0.358 e. The van der Waals surface area contributed by atoms with E-state index in [2.05, 4.69) is 15.6 Å². The van der Waals surface area contributed by atoms with Gasteiger partial charge in [-0.2, -0.15) is 0 Å². The van der Waals surface area contributed by atoms with Gasteiger partial charge < -0.3 is 20.7 Å². The second-order valence-electron chi connectivity index (χ2n) is 4.12. The van der Waals surface area contributed by atoms with Gasteiger partial charge in [0.05, 0.1) is 0 Å². The molecule has 2 heterocycles. The van der Waals surface area contributed by atoms with Crippen LogP contribution in [0.2, 0.25) is 0 Å². The van der Waals surface area contributed by atoms with Crippen LogP contribution in [0.25, 0.3) is 10.9 Å². The number of piperazine rings is 1. The molecule has 3 rings (SSSR count). The van der Waals surface area contributed by atoms with E-state index in [9.17, 15) is 10.1 Å². The number of nitrogens with one attached hydrogen (secondary N) is 2. The Bertz CT molecular complexity index is 544. The molecule has 6 nitrogen and oxygen atoms in total. The lowest BCUT2D eigenvalue weighted by Crippen LogP contribution is -2.39. The molecule has 0 radical (unpaired) electrons. The minimum absolute atomic E-state index is 0.112. The van der Waals surface area contributed by atoms with Crippen LogP contribution in [-0.4, -0.2) is 36.1 Å². The third kappa shape index (κ3) is 3.97. The Labute approximate surface area is 111 Å². The van der Waals surface area contributed by atoms with Crippen LogP contribution < -0.4 is 10.6 Å². The third-order valence-corrected chi connectivity index (χ3v) is 2.73. The van der Waals surface area contributed by atoms with Gasteiger partial charge in [0.25, 0.3) is 0 Å². The minimum atomic E-state index is -0.494. The number of nitrogens with zero attached hydrogens (tertiary/aromatic N) is 2. The normalized spacial score (nSPS) is 14.5. The van der Waals surface area contributed by atoms with Crippen LogP contribution in [0.5, 0.6) is 0 Å². The number of rotatable bonds is 1. The summed E-state index contributed by atoms with van der Waals surface area (Å²) >= 11 is 0. The fraction of sp³-hybridized carbons (Fsp3) is 0.308. The van der Waals surface area contributed by atoms with Crippen molar-refractivity contribution in [3.8, 4) is 0 Å². The summed E-state index contributed by atoms with van der Waals surface area (Å²) in [5.41, 5.74) is 0.650. The molecule has 0 bridgehead atoms. The Morgan fingerprint density at radius 1 is 1.00 bits per heavy atom. The standard InChI is InChI=1S/C9H6N2O2.C4H10N2/c12-11(13)9-6-5-7-3-1-2-4-8(7)10-9;1-2-6-4-3-5-1/h1-6H;5-6H,1-4H2. The monoisotopic (exact) mass is 260 g/mol. The molecule has 0 unspecified atom stereocenters. The van der Waals surface area contributed by atoms with E-state index < -0.39 is 4.92 Å². The van der Waals surface area contributed by atoms with E-state index in [0.29, 0.717) is 5.52 Å². The van der Waals surface area contributed by atoms with Crippen LogP contribution in [0, 0.1) is 10.1 Å². The highest BCUT2D eigenvalue weighted by Gasteiger charge is 2.07. The second kappa shape index (κ2) is 6.77. The zero-order valence-corrected chi connectivity index (χ0v) is 10.5. The van der Waals surface area contributed by atoms with Crippen LogP contribution in [0.15, 0.2) is 36.4 Å². The van der Waals surface area contributed by atoms with Gasteiger partial charge in [-0.25, -0.2) is 0 Å². The van der Waals surface area contributed by atoms with Gasteiger partial charge in [-0.15, -0.1) is 0 Å². The zero-order valence-electron chi connectivity index (χ0n) is 10.5. The van der Waals surface area contributed by atoms with E-state index >= 15 is 0 Å². The summed E-state index contributed by atoms with van der Waals surface area (Å²) in [7, 11) is 0. The molecule has 1 aromatic carbocycles. The van der Waals surface area contributed by atoms with Crippen molar-refractivity contribution in [3.05, 3.63) is 46.5 Å². The summed E-state index contributed by atoms with van der Waals surface area (Å²) in [5.74, 6) is -0.112. The topological polar surface area (TPSA) is 80.1 Å². The van der Waals surface area contributed by atoms with E-state index in [1.807, 2.05) is 12.1 Å². The molecule has 0 atom stereocenters. The van der Waals surface area contributed by atoms with Crippen molar-refractivity contribution < 1.29 is 4.92 Å². The maximum Gasteiger partial charge on any atom is 0.364 e. The number of pyridine rings is 1. The van der Waals surface area contributed by atoms with Crippen LogP contribution >= 0.6 is 0 Å². The molecule has 1 aliphatic heterocycles. The molecule has 100 valence electrons. The van der Waals surface area contributed by atoms with Crippen LogP contribution in [0.4, 0.5) is 5.82 Å². The van der Waals surface area contributed by atoms with Gasteiger partial charge in [0.15, 0.2) is 5.52 Å². The molecular formula is C13H16N4O2. The molecule has 6 heteroatoms. The van der Waals surface area contributed by atoms with Crippen molar-refractivity contribution in [2.45, 2.75) is 0 Å². The summed E-state index contributed by atoms with van der Waals surface area (Å²) in [4.78, 5) is 13.8. The molecule has 0 saturated carbocycles. The molecule has 1 saturated heterocycles. The average molecular weight is 260 g/mol. The molecule has 1 aromatic heterocycles. The Morgan fingerprint density at radius 3 is 2.21 bits per heavy atom. The van der Waals surface area contributed by atoms with E-state index in [1.54, 1.807) is 18.2 Å². The van der Waals surface area contributed by atoms with Gasteiger partial charge in [-0.05, 0) is 22.0 Å². The number of hydrogen-bond donors (Lipinski definition) is 2. The van der Waals surface area contributed by atoms with E-state index in [4.69, 9.17) is 0 Å². The first kappa shape index (κ1) is 13.4. The number of fused-ring (bicyclic) bond motifs is 1. The Hall–Kier alpha value is -2.05. The van der Waals surface area contributed by atoms with Crippen molar-refractivity contribution in [1.29, 1.82) is 0 Å². The summed E-state index contributed by atoms with van der Waals surface area (Å²) in [6, 6.07) is 10.4. The van der Waals surface area contributed by atoms with Gasteiger partial charge in [-0.1, -0.05) is 18.2 Å². The van der Waals surface area contributed by atoms with Crippen molar-refractivity contribution in [2.75, 3.05) is 26.2 Å². The Balaban J connectivity index is 0.000000186. The summed E-state index contributed by atoms with van der Waals surface area (Å²) in [6.45, 7) is 4.56. The summed E-state index contributed by atoms with van der Waals surface area (Å²) < 4.78 is 0. The number of aromatic nitrogens is 1. The van der Waals surface area contributed by atoms with Gasteiger partial charge in [0, 0.05) is 37.6 Å². The van der Waals surface area contributed by atoms with E-state index in [-0.39, 0.29) is 5.82 Å². The molecule has 0 aliphatic carbocycles. The van der Waals surface area contributed by atoms with Crippen molar-refractivity contribution >= 4 is 16.7 Å². The molecule has 1 fully saturated rings. The highest BCUT2D eigenvalue weighted by molar-refractivity contribution is 5.79. The maximum atomic E-state index is 10.4. The lowest BCUT2D eigenvalue weighted by Gasteiger charge is -2.11. The predicted octanol–water partition coefficient (Wildman–Crippen LogP) is 1.32. The fourth-order valence-electron chi connectivity index (χ4n) is 1.76. The Morgan fingerprint density at radius 2 is 1.63 bits per heavy atom. The highest BCUT2D eigenvalue weighted by Crippen LogP contribution is 2.15. The largest absolute Gasteiger partial charge is 0.364 e. The first-order valence-corrected chi connectivity index (χ1v) is 6.19. The fourth-order valence-corrected chi connectivity index (χ4v) is 1.76.